The first-order chi connectivity index (χ1) is 5.79. The second kappa shape index (κ2) is 5.33. The highest BCUT2D eigenvalue weighted by Crippen LogP contribution is 2.03. The van der Waals surface area contributed by atoms with Crippen molar-refractivity contribution in [3.05, 3.63) is 22.4 Å². The maximum Gasteiger partial charge on any atom is 0.00141 e. The van der Waals surface area contributed by atoms with Gasteiger partial charge in [-0.15, -0.1) is 11.3 Å². The Morgan fingerprint density at radius 3 is 2.17 bits per heavy atom. The first-order valence-corrected chi connectivity index (χ1v) is 5.35. The zero-order chi connectivity index (χ0) is 8.81. The second-order valence-electron chi connectivity index (χ2n) is 3.23. The maximum atomic E-state index is 2.36. The Bertz CT molecular complexity index is 188. The molecule has 1 aliphatic heterocycles. The molecule has 0 bridgehead atoms. The second-order valence-corrected chi connectivity index (χ2v) is 4.39. The molecular weight excluding hydrogens is 166 g/mol. The van der Waals surface area contributed by atoms with Gasteiger partial charge in [0.25, 0.3) is 0 Å². The lowest BCUT2D eigenvalue weighted by Gasteiger charge is -2.01. The van der Waals surface area contributed by atoms with Crippen LogP contribution in [0.1, 0.15) is 17.7 Å². The molecule has 0 radical (unpaired) electrons. The van der Waals surface area contributed by atoms with Crippen LogP contribution in [0.25, 0.3) is 0 Å². The monoisotopic (exact) mass is 183 g/mol. The quantitative estimate of drug-likeness (QED) is 0.598. The van der Waals surface area contributed by atoms with Crippen molar-refractivity contribution in [2.75, 3.05) is 20.1 Å². The van der Waals surface area contributed by atoms with Crippen LogP contribution in [0.2, 0.25) is 0 Å². The summed E-state index contributed by atoms with van der Waals surface area (Å²) in [6.07, 6.45) is 2.83. The van der Waals surface area contributed by atoms with E-state index in [1.54, 1.807) is 11.3 Å². The van der Waals surface area contributed by atoms with Gasteiger partial charge in [0.2, 0.25) is 0 Å². The van der Waals surface area contributed by atoms with Gasteiger partial charge >= 0.3 is 0 Å². The molecule has 0 N–H and O–H groups in total. The van der Waals surface area contributed by atoms with Gasteiger partial charge in [0, 0.05) is 4.88 Å². The van der Waals surface area contributed by atoms with Crippen molar-refractivity contribution >= 4 is 11.3 Å². The van der Waals surface area contributed by atoms with E-state index in [0.717, 1.165) is 0 Å². The Labute approximate surface area is 79.0 Å². The maximum absolute atomic E-state index is 2.36. The van der Waals surface area contributed by atoms with E-state index >= 15 is 0 Å². The van der Waals surface area contributed by atoms with Crippen molar-refractivity contribution in [1.29, 1.82) is 0 Å². The van der Waals surface area contributed by atoms with E-state index in [1.807, 2.05) is 0 Å². The molecule has 0 aromatic carbocycles. The van der Waals surface area contributed by atoms with Crippen molar-refractivity contribution < 1.29 is 0 Å². The molecule has 1 aliphatic rings. The van der Waals surface area contributed by atoms with Gasteiger partial charge in [-0.2, -0.15) is 0 Å². The molecule has 0 aliphatic carbocycles. The molecule has 0 spiro atoms. The predicted molar refractivity (Wildman–Crippen MR) is 55.8 cm³/mol. The highest BCUT2D eigenvalue weighted by molar-refractivity contribution is 7.09. The standard InChI is InChI=1S/C5H11N.C5H6S/c1-6-4-2-3-5-6;1-5-3-2-4-6-5/h2-5H2,1H3;2-4H,1H3. The normalized spacial score (nSPS) is 17.2. The molecule has 1 fully saturated rings. The van der Waals surface area contributed by atoms with Gasteiger partial charge < -0.3 is 4.90 Å². The molecule has 1 saturated heterocycles. The fraction of sp³-hybridized carbons (Fsp3) is 0.600. The highest BCUT2D eigenvalue weighted by atomic mass is 32.1. The molecule has 1 aromatic rings. The van der Waals surface area contributed by atoms with Crippen LogP contribution in [0.15, 0.2) is 17.5 Å². The van der Waals surface area contributed by atoms with Crippen molar-refractivity contribution in [2.24, 2.45) is 0 Å². The third-order valence-electron chi connectivity index (χ3n) is 1.99. The molecule has 2 heteroatoms. The summed E-state index contributed by atoms with van der Waals surface area (Å²) in [7, 11) is 2.17. The van der Waals surface area contributed by atoms with Crippen LogP contribution >= 0.6 is 11.3 Å². The van der Waals surface area contributed by atoms with Crippen LogP contribution in [0.5, 0.6) is 0 Å². The molecule has 0 amide bonds. The van der Waals surface area contributed by atoms with Gasteiger partial charge in [0.1, 0.15) is 0 Å². The van der Waals surface area contributed by atoms with Crippen molar-refractivity contribution in [2.45, 2.75) is 19.8 Å². The Morgan fingerprint density at radius 1 is 1.33 bits per heavy atom. The number of nitrogens with zero attached hydrogens (tertiary/aromatic N) is 1. The average Bonchev–Trinajstić information content (AvgIpc) is 2.63. The number of likely N-dealkylation sites (tertiary alicyclic amines) is 1. The minimum atomic E-state index is 1.32. The Hall–Kier alpha value is -0.340. The van der Waals surface area contributed by atoms with Gasteiger partial charge in [-0.1, -0.05) is 6.07 Å². The van der Waals surface area contributed by atoms with Gasteiger partial charge in [0.15, 0.2) is 0 Å². The zero-order valence-corrected chi connectivity index (χ0v) is 8.73. The molecule has 12 heavy (non-hydrogen) atoms. The van der Waals surface area contributed by atoms with Crippen molar-refractivity contribution in [1.82, 2.24) is 4.90 Å². The summed E-state index contributed by atoms with van der Waals surface area (Å²) in [6.45, 7) is 4.74. The summed E-state index contributed by atoms with van der Waals surface area (Å²) >= 11 is 1.78. The van der Waals surface area contributed by atoms with Crippen LogP contribution in [-0.4, -0.2) is 25.0 Å². The van der Waals surface area contributed by atoms with E-state index in [9.17, 15) is 0 Å². The van der Waals surface area contributed by atoms with Crippen LogP contribution in [0.4, 0.5) is 0 Å². The fourth-order valence-corrected chi connectivity index (χ4v) is 1.76. The summed E-state index contributed by atoms with van der Waals surface area (Å²) in [6, 6.07) is 4.16. The molecule has 2 rings (SSSR count). The van der Waals surface area contributed by atoms with Crippen molar-refractivity contribution in [3.63, 3.8) is 0 Å². The minimum Gasteiger partial charge on any atom is -0.306 e. The number of rotatable bonds is 0. The van der Waals surface area contributed by atoms with Gasteiger partial charge in [-0.05, 0) is 51.3 Å². The summed E-state index contributed by atoms with van der Waals surface area (Å²) in [5, 5.41) is 2.08. The van der Waals surface area contributed by atoms with Gasteiger partial charge in [-0.25, -0.2) is 0 Å². The molecule has 1 aromatic heterocycles. The fourth-order valence-electron chi connectivity index (χ4n) is 1.24. The minimum absolute atomic E-state index is 1.32. The molecular formula is C10H17NS. The molecule has 2 heterocycles. The summed E-state index contributed by atoms with van der Waals surface area (Å²) in [5.41, 5.74) is 0. The summed E-state index contributed by atoms with van der Waals surface area (Å²) in [4.78, 5) is 3.75. The molecule has 0 saturated carbocycles. The number of thiophene rings is 1. The summed E-state index contributed by atoms with van der Waals surface area (Å²) < 4.78 is 0. The average molecular weight is 183 g/mol. The number of hydrogen-bond donors (Lipinski definition) is 0. The Kier molecular flexibility index (Phi) is 4.33. The number of aryl methyl sites for hydroxylation is 1. The largest absolute Gasteiger partial charge is 0.306 e. The predicted octanol–water partition coefficient (Wildman–Crippen LogP) is 2.77. The summed E-state index contributed by atoms with van der Waals surface area (Å²) in [5.74, 6) is 0. The third-order valence-corrected chi connectivity index (χ3v) is 2.79. The molecule has 68 valence electrons. The first-order valence-electron chi connectivity index (χ1n) is 4.47. The van der Waals surface area contributed by atoms with Gasteiger partial charge in [0.05, 0.1) is 0 Å². The SMILES string of the molecule is CN1CCCC1.Cc1cccs1. The zero-order valence-electron chi connectivity index (χ0n) is 7.92. The van der Waals surface area contributed by atoms with Crippen LogP contribution in [0.3, 0.4) is 0 Å². The van der Waals surface area contributed by atoms with Crippen LogP contribution < -0.4 is 0 Å². The van der Waals surface area contributed by atoms with E-state index < -0.39 is 0 Å². The Morgan fingerprint density at radius 2 is 2.00 bits per heavy atom. The van der Waals surface area contributed by atoms with E-state index in [2.05, 4.69) is 36.4 Å². The smallest absolute Gasteiger partial charge is 0.00141 e. The first kappa shape index (κ1) is 9.75. The lowest BCUT2D eigenvalue weighted by atomic mass is 10.4. The van der Waals surface area contributed by atoms with E-state index in [0.29, 0.717) is 0 Å². The Balaban J connectivity index is 0.000000120. The van der Waals surface area contributed by atoms with E-state index in [1.165, 1.54) is 30.8 Å². The third kappa shape index (κ3) is 3.88. The highest BCUT2D eigenvalue weighted by Gasteiger charge is 2.03. The van der Waals surface area contributed by atoms with Crippen LogP contribution in [-0.2, 0) is 0 Å². The molecule has 0 unspecified atom stereocenters. The van der Waals surface area contributed by atoms with Crippen molar-refractivity contribution in [3.8, 4) is 0 Å². The van der Waals surface area contributed by atoms with Gasteiger partial charge in [-0.3, -0.25) is 0 Å². The van der Waals surface area contributed by atoms with E-state index in [4.69, 9.17) is 0 Å². The lowest BCUT2D eigenvalue weighted by Crippen LogP contribution is -2.10. The topological polar surface area (TPSA) is 3.24 Å². The lowest BCUT2D eigenvalue weighted by molar-refractivity contribution is 0.418. The van der Waals surface area contributed by atoms with Crippen LogP contribution in [0, 0.1) is 6.92 Å². The molecule has 0 atom stereocenters. The molecule has 1 nitrogen and oxygen atoms in total. The number of hydrogen-bond acceptors (Lipinski definition) is 2. The van der Waals surface area contributed by atoms with E-state index in [-0.39, 0.29) is 0 Å².